The summed E-state index contributed by atoms with van der Waals surface area (Å²) in [6.45, 7) is 11.0. The van der Waals surface area contributed by atoms with Gasteiger partial charge in [0.2, 0.25) is 0 Å². The summed E-state index contributed by atoms with van der Waals surface area (Å²) in [5.74, 6) is 2.68. The molecule has 0 aliphatic rings. The molecule has 0 saturated carbocycles. The molecule has 0 aliphatic carbocycles. The molecule has 0 bridgehead atoms. The van der Waals surface area contributed by atoms with E-state index in [9.17, 15) is 0 Å². The van der Waals surface area contributed by atoms with Gasteiger partial charge in [-0.15, -0.1) is 12.3 Å². The van der Waals surface area contributed by atoms with Gasteiger partial charge < -0.3 is 5.73 Å². The fourth-order valence-corrected chi connectivity index (χ4v) is 2.40. The van der Waals surface area contributed by atoms with E-state index in [1.165, 1.54) is 0 Å². The summed E-state index contributed by atoms with van der Waals surface area (Å²) in [4.78, 5) is 2.47. The minimum absolute atomic E-state index is 0.109. The third-order valence-corrected chi connectivity index (χ3v) is 3.84. The number of terminal acetylenes is 1. The Hall–Kier alpha value is -0.520. The van der Waals surface area contributed by atoms with Gasteiger partial charge in [-0.3, -0.25) is 4.90 Å². The van der Waals surface area contributed by atoms with Gasteiger partial charge in [-0.2, -0.15) is 0 Å². The molecule has 0 heterocycles. The highest BCUT2D eigenvalue weighted by Crippen LogP contribution is 2.25. The molecule has 0 saturated heterocycles. The number of nitrogens with zero attached hydrogens (tertiary/aromatic N) is 1. The molecular formula is C14H28N2. The predicted molar refractivity (Wildman–Crippen MR) is 72.3 cm³/mol. The van der Waals surface area contributed by atoms with Crippen LogP contribution in [0.4, 0.5) is 0 Å². The molecule has 2 heteroatoms. The Balaban J connectivity index is 4.48. The topological polar surface area (TPSA) is 29.3 Å². The van der Waals surface area contributed by atoms with E-state index in [0.29, 0.717) is 0 Å². The maximum Gasteiger partial charge on any atom is 0.0329 e. The first-order chi connectivity index (χ1) is 7.56. The second-order valence-electron chi connectivity index (χ2n) is 4.59. The maximum atomic E-state index is 6.35. The highest BCUT2D eigenvalue weighted by molar-refractivity contribution is 4.94. The van der Waals surface area contributed by atoms with Crippen LogP contribution in [0.2, 0.25) is 0 Å². The Morgan fingerprint density at radius 1 is 1.31 bits per heavy atom. The monoisotopic (exact) mass is 224 g/mol. The van der Waals surface area contributed by atoms with Crippen LogP contribution in [0, 0.1) is 12.3 Å². The van der Waals surface area contributed by atoms with E-state index in [0.717, 1.165) is 38.8 Å². The predicted octanol–water partition coefficient (Wildman–Crippen LogP) is 2.63. The molecule has 0 radical (unpaired) electrons. The first-order valence-corrected chi connectivity index (χ1v) is 6.50. The second-order valence-corrected chi connectivity index (χ2v) is 4.59. The van der Waals surface area contributed by atoms with E-state index in [1.807, 2.05) is 0 Å². The molecule has 2 atom stereocenters. The van der Waals surface area contributed by atoms with E-state index in [2.05, 4.69) is 38.5 Å². The zero-order valence-electron chi connectivity index (χ0n) is 11.4. The molecule has 0 aromatic heterocycles. The first-order valence-electron chi connectivity index (χ1n) is 6.50. The summed E-state index contributed by atoms with van der Waals surface area (Å²) in [7, 11) is 0. The normalized spacial score (nSPS) is 16.8. The first kappa shape index (κ1) is 15.5. The van der Waals surface area contributed by atoms with Crippen molar-refractivity contribution < 1.29 is 0 Å². The number of hydrogen-bond donors (Lipinski definition) is 1. The van der Waals surface area contributed by atoms with E-state index in [4.69, 9.17) is 12.2 Å². The van der Waals surface area contributed by atoms with Crippen LogP contribution in [0.3, 0.4) is 0 Å². The van der Waals surface area contributed by atoms with Gasteiger partial charge in [0.1, 0.15) is 0 Å². The zero-order valence-corrected chi connectivity index (χ0v) is 11.4. The summed E-state index contributed by atoms with van der Waals surface area (Å²) in [6, 6.07) is 0.214. The lowest BCUT2D eigenvalue weighted by Gasteiger charge is -2.44. The molecule has 2 N–H and O–H groups in total. The lowest BCUT2D eigenvalue weighted by molar-refractivity contribution is 0.0808. The average Bonchev–Trinajstić information content (AvgIpc) is 2.30. The van der Waals surface area contributed by atoms with Crippen molar-refractivity contribution in [1.29, 1.82) is 0 Å². The average molecular weight is 224 g/mol. The lowest BCUT2D eigenvalue weighted by atomic mass is 9.85. The SMILES string of the molecule is C#CCCCC(N)C(C)(CC)N(CC)CC. The third-order valence-electron chi connectivity index (χ3n) is 3.84. The number of nitrogens with two attached hydrogens (primary N) is 1. The van der Waals surface area contributed by atoms with Crippen LogP contribution in [0.15, 0.2) is 0 Å². The zero-order chi connectivity index (χ0) is 12.6. The Kier molecular flexibility index (Phi) is 7.45. The molecule has 2 nitrogen and oxygen atoms in total. The molecule has 0 aromatic rings. The Bertz CT molecular complexity index is 215. The van der Waals surface area contributed by atoms with Crippen LogP contribution in [-0.2, 0) is 0 Å². The maximum absolute atomic E-state index is 6.35. The largest absolute Gasteiger partial charge is 0.326 e. The van der Waals surface area contributed by atoms with E-state index in [-0.39, 0.29) is 11.6 Å². The van der Waals surface area contributed by atoms with Crippen molar-refractivity contribution in [3.8, 4) is 12.3 Å². The van der Waals surface area contributed by atoms with Crippen molar-refractivity contribution in [3.63, 3.8) is 0 Å². The van der Waals surface area contributed by atoms with Crippen LogP contribution < -0.4 is 5.73 Å². The van der Waals surface area contributed by atoms with Gasteiger partial charge in [0.15, 0.2) is 0 Å². The second kappa shape index (κ2) is 7.70. The molecule has 0 rings (SSSR count). The van der Waals surface area contributed by atoms with Crippen LogP contribution >= 0.6 is 0 Å². The van der Waals surface area contributed by atoms with Crippen LogP contribution in [0.1, 0.15) is 53.4 Å². The van der Waals surface area contributed by atoms with Gasteiger partial charge in [0, 0.05) is 18.0 Å². The van der Waals surface area contributed by atoms with Crippen LogP contribution in [-0.4, -0.2) is 29.6 Å². The van der Waals surface area contributed by atoms with Crippen molar-refractivity contribution in [2.24, 2.45) is 5.73 Å². The van der Waals surface area contributed by atoms with Gasteiger partial charge in [-0.25, -0.2) is 0 Å². The molecule has 2 unspecified atom stereocenters. The summed E-state index contributed by atoms with van der Waals surface area (Å²) in [6.07, 6.45) is 9.25. The highest BCUT2D eigenvalue weighted by Gasteiger charge is 2.33. The Morgan fingerprint density at radius 2 is 1.88 bits per heavy atom. The Labute approximate surface area is 102 Å². The number of hydrogen-bond acceptors (Lipinski definition) is 2. The smallest absolute Gasteiger partial charge is 0.0329 e. The molecule has 94 valence electrons. The van der Waals surface area contributed by atoms with Crippen molar-refractivity contribution in [3.05, 3.63) is 0 Å². The fraction of sp³-hybridized carbons (Fsp3) is 0.857. The molecule has 0 fully saturated rings. The number of likely N-dealkylation sites (N-methyl/N-ethyl adjacent to an activating group) is 1. The number of unbranched alkanes of at least 4 members (excludes halogenated alkanes) is 1. The van der Waals surface area contributed by atoms with Gasteiger partial charge >= 0.3 is 0 Å². The van der Waals surface area contributed by atoms with E-state index >= 15 is 0 Å². The summed E-state index contributed by atoms with van der Waals surface area (Å²) < 4.78 is 0. The van der Waals surface area contributed by atoms with Gasteiger partial charge in [0.05, 0.1) is 0 Å². The summed E-state index contributed by atoms with van der Waals surface area (Å²) in [5, 5.41) is 0. The van der Waals surface area contributed by atoms with E-state index < -0.39 is 0 Å². The Morgan fingerprint density at radius 3 is 2.25 bits per heavy atom. The molecule has 0 aliphatic heterocycles. The van der Waals surface area contributed by atoms with Crippen molar-refractivity contribution >= 4 is 0 Å². The summed E-state index contributed by atoms with van der Waals surface area (Å²) in [5.41, 5.74) is 6.45. The minimum Gasteiger partial charge on any atom is -0.326 e. The lowest BCUT2D eigenvalue weighted by Crippen LogP contribution is -2.57. The quantitative estimate of drug-likeness (QED) is 0.507. The van der Waals surface area contributed by atoms with Gasteiger partial charge in [-0.1, -0.05) is 20.8 Å². The standard InChI is InChI=1S/C14H28N2/c1-6-10-11-12-13(15)14(5,7-2)16(8-3)9-4/h1,13H,7-12,15H2,2-5H3. The minimum atomic E-state index is 0.109. The van der Waals surface area contributed by atoms with Gasteiger partial charge in [-0.05, 0) is 39.3 Å². The highest BCUT2D eigenvalue weighted by atomic mass is 15.2. The fourth-order valence-electron chi connectivity index (χ4n) is 2.40. The number of rotatable bonds is 8. The summed E-state index contributed by atoms with van der Waals surface area (Å²) >= 11 is 0. The van der Waals surface area contributed by atoms with Crippen molar-refractivity contribution in [2.75, 3.05) is 13.1 Å². The molecule has 0 amide bonds. The van der Waals surface area contributed by atoms with Crippen LogP contribution in [0.25, 0.3) is 0 Å². The van der Waals surface area contributed by atoms with Gasteiger partial charge in [0.25, 0.3) is 0 Å². The molecule has 16 heavy (non-hydrogen) atoms. The molecule has 0 spiro atoms. The van der Waals surface area contributed by atoms with Crippen LogP contribution in [0.5, 0.6) is 0 Å². The molecule has 0 aromatic carbocycles. The molecular weight excluding hydrogens is 196 g/mol. The van der Waals surface area contributed by atoms with Crippen molar-refractivity contribution in [1.82, 2.24) is 4.90 Å². The third kappa shape index (κ3) is 3.81. The van der Waals surface area contributed by atoms with E-state index in [1.54, 1.807) is 0 Å². The van der Waals surface area contributed by atoms with Crippen molar-refractivity contribution in [2.45, 2.75) is 65.0 Å².